The molecule has 0 heterocycles. The summed E-state index contributed by atoms with van der Waals surface area (Å²) in [6.45, 7) is 6.95. The molecule has 0 aromatic heterocycles. The summed E-state index contributed by atoms with van der Waals surface area (Å²) < 4.78 is 0. The summed E-state index contributed by atoms with van der Waals surface area (Å²) in [7, 11) is -0.771. The summed E-state index contributed by atoms with van der Waals surface area (Å²) in [5.74, 6) is 0.0396. The van der Waals surface area contributed by atoms with Gasteiger partial charge in [0.15, 0.2) is 0 Å². The smallest absolute Gasteiger partial charge is 0.137 e. The van der Waals surface area contributed by atoms with E-state index >= 15 is 0 Å². The zero-order valence-corrected chi connectivity index (χ0v) is 7.89. The minimum absolute atomic E-state index is 0.0198. The van der Waals surface area contributed by atoms with Crippen LogP contribution in [-0.2, 0) is 9.59 Å². The average molecular weight is 157 g/mol. The summed E-state index contributed by atoms with van der Waals surface area (Å²) >= 11 is 0. The zero-order chi connectivity index (χ0) is 8.31. The lowest BCUT2D eigenvalue weighted by Gasteiger charge is -2.11. The average Bonchev–Trinajstić information content (AvgIpc) is 1.59. The predicted octanol–water partition coefficient (Wildman–Crippen LogP) is 1.29. The van der Waals surface area contributed by atoms with Gasteiger partial charge in [0.25, 0.3) is 0 Å². The van der Waals surface area contributed by atoms with Gasteiger partial charge in [-0.25, -0.2) is 0 Å². The maximum absolute atomic E-state index is 10.8. The fourth-order valence-electron chi connectivity index (χ4n) is 1.10. The van der Waals surface area contributed by atoms with Gasteiger partial charge in [-0.3, -0.25) is 9.59 Å². The Morgan fingerprint density at radius 2 is 1.40 bits per heavy atom. The van der Waals surface area contributed by atoms with Crippen LogP contribution < -0.4 is 0 Å². The number of ketones is 2. The molecular formula is C7H13O2Si. The van der Waals surface area contributed by atoms with E-state index in [1.807, 2.05) is 13.1 Å². The Labute approximate surface area is 63.2 Å². The third kappa shape index (κ3) is 2.43. The van der Waals surface area contributed by atoms with Gasteiger partial charge in [-0.15, -0.1) is 0 Å². The first kappa shape index (κ1) is 9.56. The van der Waals surface area contributed by atoms with E-state index in [2.05, 4.69) is 0 Å². The predicted molar refractivity (Wildman–Crippen MR) is 42.6 cm³/mol. The summed E-state index contributed by atoms with van der Waals surface area (Å²) in [6, 6.07) is 0. The van der Waals surface area contributed by atoms with E-state index in [1.165, 1.54) is 13.8 Å². The number of carbonyl (C=O) groups is 2. The molecule has 1 radical (unpaired) electrons. The van der Waals surface area contributed by atoms with E-state index < -0.39 is 8.80 Å². The van der Waals surface area contributed by atoms with Crippen LogP contribution in [0.3, 0.4) is 0 Å². The monoisotopic (exact) mass is 157 g/mol. The first-order valence-corrected chi connectivity index (χ1v) is 5.85. The molecule has 0 aromatic rings. The van der Waals surface area contributed by atoms with Crippen LogP contribution in [0.2, 0.25) is 18.6 Å². The van der Waals surface area contributed by atoms with Crippen LogP contribution in [0.15, 0.2) is 0 Å². The third-order valence-electron chi connectivity index (χ3n) is 1.39. The first-order valence-electron chi connectivity index (χ1n) is 3.27. The number of Topliss-reactive ketones (excluding diaryl/α,β-unsaturated/α-hetero) is 2. The van der Waals surface area contributed by atoms with E-state index in [9.17, 15) is 9.59 Å². The summed E-state index contributed by atoms with van der Waals surface area (Å²) in [4.78, 5) is 21.7. The van der Waals surface area contributed by atoms with Crippen LogP contribution in [0.4, 0.5) is 0 Å². The molecule has 3 heteroatoms. The lowest BCUT2D eigenvalue weighted by Crippen LogP contribution is -2.25. The van der Waals surface area contributed by atoms with Crippen molar-refractivity contribution in [1.29, 1.82) is 0 Å². The molecule has 2 nitrogen and oxygen atoms in total. The highest BCUT2D eigenvalue weighted by Gasteiger charge is 2.23. The molecule has 0 aliphatic carbocycles. The molecular weight excluding hydrogens is 144 g/mol. The number of hydrogen-bond acceptors (Lipinski definition) is 2. The van der Waals surface area contributed by atoms with Crippen molar-refractivity contribution in [3.63, 3.8) is 0 Å². The van der Waals surface area contributed by atoms with Gasteiger partial charge < -0.3 is 0 Å². The minimum Gasteiger partial charge on any atom is -0.300 e. The van der Waals surface area contributed by atoms with Gasteiger partial charge in [-0.2, -0.15) is 0 Å². The van der Waals surface area contributed by atoms with Gasteiger partial charge in [0, 0.05) is 0 Å². The molecule has 0 aliphatic rings. The molecule has 0 amide bonds. The Hall–Kier alpha value is -0.443. The highest BCUT2D eigenvalue weighted by atomic mass is 28.3. The van der Waals surface area contributed by atoms with Gasteiger partial charge in [0.05, 0.1) is 14.3 Å². The number of hydrogen-bond donors (Lipinski definition) is 0. The van der Waals surface area contributed by atoms with Crippen LogP contribution in [-0.4, -0.2) is 20.4 Å². The van der Waals surface area contributed by atoms with E-state index in [1.54, 1.807) is 0 Å². The Bertz CT molecular complexity index is 138. The lowest BCUT2D eigenvalue weighted by atomic mass is 10.2. The van der Waals surface area contributed by atoms with Crippen molar-refractivity contribution >= 4 is 20.4 Å². The molecule has 0 bridgehead atoms. The van der Waals surface area contributed by atoms with Crippen LogP contribution in [0.25, 0.3) is 0 Å². The first-order chi connectivity index (χ1) is 4.46. The third-order valence-corrected chi connectivity index (χ3v) is 3.36. The molecule has 0 aliphatic heterocycles. The quantitative estimate of drug-likeness (QED) is 0.457. The van der Waals surface area contributed by atoms with Crippen molar-refractivity contribution in [2.45, 2.75) is 32.5 Å². The highest BCUT2D eigenvalue weighted by Crippen LogP contribution is 2.12. The standard InChI is InChI=1S/C7H13O2Si/c1-5(8)7(6(2)9)10(3)4/h7H,1-4H3. The van der Waals surface area contributed by atoms with E-state index in [-0.39, 0.29) is 17.1 Å². The zero-order valence-electron chi connectivity index (χ0n) is 6.89. The molecule has 57 valence electrons. The van der Waals surface area contributed by atoms with Crippen LogP contribution in [0.1, 0.15) is 13.8 Å². The summed E-state index contributed by atoms with van der Waals surface area (Å²) in [5.41, 5.74) is -0.287. The van der Waals surface area contributed by atoms with Gasteiger partial charge in [0.2, 0.25) is 0 Å². The van der Waals surface area contributed by atoms with E-state index in [4.69, 9.17) is 0 Å². The summed E-state index contributed by atoms with van der Waals surface area (Å²) in [5, 5.41) is 0. The molecule has 0 N–H and O–H groups in total. The van der Waals surface area contributed by atoms with E-state index in [0.29, 0.717) is 0 Å². The van der Waals surface area contributed by atoms with Crippen molar-refractivity contribution in [2.75, 3.05) is 0 Å². The van der Waals surface area contributed by atoms with Crippen molar-refractivity contribution in [2.24, 2.45) is 0 Å². The molecule has 10 heavy (non-hydrogen) atoms. The fraction of sp³-hybridized carbons (Fsp3) is 0.714. The molecule has 0 atom stereocenters. The Morgan fingerprint density at radius 3 is 1.40 bits per heavy atom. The maximum Gasteiger partial charge on any atom is 0.137 e. The molecule has 0 aromatic carbocycles. The maximum atomic E-state index is 10.8. The van der Waals surface area contributed by atoms with Gasteiger partial charge in [0.1, 0.15) is 11.6 Å². The minimum atomic E-state index is -0.771. The van der Waals surface area contributed by atoms with Crippen molar-refractivity contribution in [3.05, 3.63) is 0 Å². The largest absolute Gasteiger partial charge is 0.300 e. The summed E-state index contributed by atoms with van der Waals surface area (Å²) in [6.07, 6.45) is 0. The number of rotatable bonds is 3. The van der Waals surface area contributed by atoms with Crippen molar-refractivity contribution in [1.82, 2.24) is 0 Å². The Kier molecular flexibility index (Phi) is 3.50. The van der Waals surface area contributed by atoms with Crippen molar-refractivity contribution in [3.8, 4) is 0 Å². The topological polar surface area (TPSA) is 34.1 Å². The van der Waals surface area contributed by atoms with E-state index in [0.717, 1.165) is 0 Å². The molecule has 0 spiro atoms. The second-order valence-corrected chi connectivity index (χ2v) is 5.46. The van der Waals surface area contributed by atoms with Gasteiger partial charge >= 0.3 is 0 Å². The van der Waals surface area contributed by atoms with Crippen LogP contribution in [0, 0.1) is 0 Å². The molecule has 0 unspecified atom stereocenters. The van der Waals surface area contributed by atoms with Gasteiger partial charge in [-0.1, -0.05) is 13.1 Å². The molecule has 0 fully saturated rings. The second-order valence-electron chi connectivity index (χ2n) is 2.73. The number of carbonyl (C=O) groups excluding carboxylic acids is 2. The van der Waals surface area contributed by atoms with Gasteiger partial charge in [-0.05, 0) is 13.8 Å². The lowest BCUT2D eigenvalue weighted by molar-refractivity contribution is -0.124. The van der Waals surface area contributed by atoms with Crippen LogP contribution in [0.5, 0.6) is 0 Å². The van der Waals surface area contributed by atoms with Crippen molar-refractivity contribution < 1.29 is 9.59 Å². The normalized spacial score (nSPS) is 10.6. The Balaban J connectivity index is 4.27. The molecule has 0 rings (SSSR count). The highest BCUT2D eigenvalue weighted by molar-refractivity contribution is 6.66. The SMILES string of the molecule is CC(=O)C(C(C)=O)[Si](C)C. The second kappa shape index (κ2) is 3.66. The molecule has 0 saturated heterocycles. The Morgan fingerprint density at radius 1 is 1.10 bits per heavy atom. The fourth-order valence-corrected chi connectivity index (χ4v) is 2.73. The molecule has 0 saturated carbocycles. The van der Waals surface area contributed by atoms with Crippen LogP contribution >= 0.6 is 0 Å².